The van der Waals surface area contributed by atoms with Crippen molar-refractivity contribution >= 4 is 0 Å². The van der Waals surface area contributed by atoms with Crippen molar-refractivity contribution in [3.63, 3.8) is 0 Å². The Bertz CT molecular complexity index is 245. The SMILES string of the molecule is C[c-]1cccc1.C[c-]1cccc1.[Hf]. The molecule has 0 N–H and O–H groups in total. The number of hydrogen-bond donors (Lipinski definition) is 0. The molecular weight excluding hydrogens is 323 g/mol. The van der Waals surface area contributed by atoms with E-state index in [0.717, 1.165) is 0 Å². The second-order valence-corrected chi connectivity index (χ2v) is 2.92. The van der Waals surface area contributed by atoms with Gasteiger partial charge in [0.2, 0.25) is 0 Å². The van der Waals surface area contributed by atoms with E-state index >= 15 is 0 Å². The van der Waals surface area contributed by atoms with Crippen LogP contribution < -0.4 is 0 Å². The van der Waals surface area contributed by atoms with E-state index in [1.807, 2.05) is 24.3 Å². The maximum Gasteiger partial charge on any atom is 0 e. The zero-order chi connectivity index (χ0) is 8.81. The Labute approximate surface area is 99.1 Å². The first-order valence-electron chi connectivity index (χ1n) is 4.15. The van der Waals surface area contributed by atoms with Gasteiger partial charge in [0.1, 0.15) is 0 Å². The van der Waals surface area contributed by atoms with Crippen molar-refractivity contribution in [3.05, 3.63) is 59.7 Å². The van der Waals surface area contributed by atoms with E-state index in [-0.39, 0.29) is 25.8 Å². The minimum atomic E-state index is 0. The maximum atomic E-state index is 2.08. The smallest absolute Gasteiger partial charge is 0 e. The van der Waals surface area contributed by atoms with Gasteiger partial charge in [-0.2, -0.15) is 35.4 Å². The molecule has 0 aliphatic carbocycles. The second kappa shape index (κ2) is 7.02. The van der Waals surface area contributed by atoms with Crippen LogP contribution in [0.25, 0.3) is 0 Å². The molecule has 2 aromatic rings. The summed E-state index contributed by atoms with van der Waals surface area (Å²) >= 11 is 0. The summed E-state index contributed by atoms with van der Waals surface area (Å²) in [6, 6.07) is 16.5. The van der Waals surface area contributed by atoms with Gasteiger partial charge in [-0.3, -0.25) is 0 Å². The molecule has 0 fully saturated rings. The minimum Gasteiger partial charge on any atom is -0.213 e. The van der Waals surface area contributed by atoms with Crippen molar-refractivity contribution in [2.75, 3.05) is 0 Å². The fraction of sp³-hybridized carbons (Fsp3) is 0.167. The van der Waals surface area contributed by atoms with Gasteiger partial charge in [0, 0.05) is 25.8 Å². The standard InChI is InChI=1S/2C6H7.Hf/c2*1-6-4-2-3-5-6;/h2*2-5H,1H3;/q2*-1;. The molecule has 0 aromatic heterocycles. The molecule has 0 aliphatic heterocycles. The van der Waals surface area contributed by atoms with Gasteiger partial charge in [-0.15, -0.1) is 0 Å². The summed E-state index contributed by atoms with van der Waals surface area (Å²) in [5, 5.41) is 0. The van der Waals surface area contributed by atoms with Gasteiger partial charge in [0.15, 0.2) is 0 Å². The van der Waals surface area contributed by atoms with Crippen LogP contribution in [0.2, 0.25) is 0 Å². The number of hydrogen-bond acceptors (Lipinski definition) is 0. The van der Waals surface area contributed by atoms with Crippen LogP contribution in [0.15, 0.2) is 48.5 Å². The van der Waals surface area contributed by atoms with Crippen LogP contribution in [-0.4, -0.2) is 0 Å². The summed E-state index contributed by atoms with van der Waals surface area (Å²) in [4.78, 5) is 0. The van der Waals surface area contributed by atoms with Crippen LogP contribution in [0.1, 0.15) is 11.1 Å². The van der Waals surface area contributed by atoms with Gasteiger partial charge in [-0.25, -0.2) is 24.3 Å². The van der Waals surface area contributed by atoms with Gasteiger partial charge in [0.25, 0.3) is 0 Å². The van der Waals surface area contributed by atoms with Crippen molar-refractivity contribution < 1.29 is 25.8 Å². The Morgan fingerprint density at radius 1 is 0.615 bits per heavy atom. The molecular formula is C12H14Hf-2. The Kier molecular flexibility index (Phi) is 6.79. The molecule has 13 heavy (non-hydrogen) atoms. The molecule has 0 spiro atoms. The van der Waals surface area contributed by atoms with Crippen LogP contribution in [0.3, 0.4) is 0 Å². The van der Waals surface area contributed by atoms with Crippen LogP contribution >= 0.6 is 0 Å². The zero-order valence-electron chi connectivity index (χ0n) is 8.12. The van der Waals surface area contributed by atoms with E-state index in [1.165, 1.54) is 11.1 Å². The molecule has 0 radical (unpaired) electrons. The first-order valence-corrected chi connectivity index (χ1v) is 4.15. The third-order valence-electron chi connectivity index (χ3n) is 1.66. The Morgan fingerprint density at radius 3 is 0.923 bits per heavy atom. The molecule has 1 heteroatoms. The van der Waals surface area contributed by atoms with Crippen molar-refractivity contribution in [3.8, 4) is 0 Å². The Hall–Kier alpha value is -0.430. The Morgan fingerprint density at radius 2 is 0.846 bits per heavy atom. The molecule has 0 unspecified atom stereocenters. The summed E-state index contributed by atoms with van der Waals surface area (Å²) in [5.74, 6) is 0. The summed E-state index contributed by atoms with van der Waals surface area (Å²) < 4.78 is 0. The quantitative estimate of drug-likeness (QED) is 0.511. The fourth-order valence-electron chi connectivity index (χ4n) is 0.940. The van der Waals surface area contributed by atoms with Gasteiger partial charge < -0.3 is 0 Å². The first kappa shape index (κ1) is 12.6. The van der Waals surface area contributed by atoms with E-state index in [2.05, 4.69) is 38.1 Å². The summed E-state index contributed by atoms with van der Waals surface area (Å²) in [6.07, 6.45) is 0. The minimum absolute atomic E-state index is 0. The molecule has 0 saturated heterocycles. The van der Waals surface area contributed by atoms with Gasteiger partial charge >= 0.3 is 0 Å². The molecule has 68 valence electrons. The van der Waals surface area contributed by atoms with Crippen LogP contribution in [0, 0.1) is 13.8 Å². The zero-order valence-corrected chi connectivity index (χ0v) is 11.7. The molecule has 0 atom stereocenters. The van der Waals surface area contributed by atoms with Gasteiger partial charge in [-0.05, 0) is 0 Å². The van der Waals surface area contributed by atoms with Crippen molar-refractivity contribution in [2.45, 2.75) is 13.8 Å². The summed E-state index contributed by atoms with van der Waals surface area (Å²) in [5.41, 5.74) is 2.69. The van der Waals surface area contributed by atoms with Crippen LogP contribution in [0.5, 0.6) is 0 Å². The fourth-order valence-corrected chi connectivity index (χ4v) is 0.940. The molecule has 0 saturated carbocycles. The average Bonchev–Trinajstić information content (AvgIpc) is 2.63. The van der Waals surface area contributed by atoms with Gasteiger partial charge in [-0.1, -0.05) is 13.8 Å². The molecule has 0 amide bonds. The molecule has 2 rings (SSSR count). The van der Waals surface area contributed by atoms with Crippen molar-refractivity contribution in [2.24, 2.45) is 0 Å². The third-order valence-corrected chi connectivity index (χ3v) is 1.66. The van der Waals surface area contributed by atoms with Crippen molar-refractivity contribution in [1.29, 1.82) is 0 Å². The van der Waals surface area contributed by atoms with E-state index in [9.17, 15) is 0 Å². The normalized spacial score (nSPS) is 8.15. The van der Waals surface area contributed by atoms with Crippen LogP contribution in [0.4, 0.5) is 0 Å². The largest absolute Gasteiger partial charge is 0.213 e. The van der Waals surface area contributed by atoms with E-state index in [0.29, 0.717) is 0 Å². The molecule has 0 bridgehead atoms. The monoisotopic (exact) mass is 338 g/mol. The summed E-state index contributed by atoms with van der Waals surface area (Å²) in [7, 11) is 0. The third kappa shape index (κ3) is 5.75. The Balaban J connectivity index is 0.000000206. The topological polar surface area (TPSA) is 0 Å². The number of rotatable bonds is 0. The average molecular weight is 337 g/mol. The molecule has 2 aromatic carbocycles. The molecule has 0 nitrogen and oxygen atoms in total. The molecule has 0 aliphatic rings. The summed E-state index contributed by atoms with van der Waals surface area (Å²) in [6.45, 7) is 4.17. The maximum absolute atomic E-state index is 2.08. The van der Waals surface area contributed by atoms with E-state index < -0.39 is 0 Å². The van der Waals surface area contributed by atoms with E-state index in [4.69, 9.17) is 0 Å². The van der Waals surface area contributed by atoms with E-state index in [1.54, 1.807) is 0 Å². The first-order chi connectivity index (χ1) is 5.79. The second-order valence-electron chi connectivity index (χ2n) is 2.92. The van der Waals surface area contributed by atoms with Gasteiger partial charge in [0.05, 0.1) is 0 Å². The predicted molar refractivity (Wildman–Crippen MR) is 53.5 cm³/mol. The number of aryl methyl sites for hydroxylation is 2. The predicted octanol–water partition coefficient (Wildman–Crippen LogP) is 3.43. The van der Waals surface area contributed by atoms with Crippen molar-refractivity contribution in [1.82, 2.24) is 0 Å². The van der Waals surface area contributed by atoms with Crippen LogP contribution in [-0.2, 0) is 25.8 Å². The molecule has 0 heterocycles.